The van der Waals surface area contributed by atoms with Crippen LogP contribution >= 0.6 is 0 Å². The molecule has 10 atom stereocenters. The highest BCUT2D eigenvalue weighted by atomic mass is 16.3. The topological polar surface area (TPSA) is 108 Å². The van der Waals surface area contributed by atoms with Crippen LogP contribution in [0.3, 0.4) is 0 Å². The van der Waals surface area contributed by atoms with E-state index in [-0.39, 0.29) is 28.9 Å². The van der Waals surface area contributed by atoms with Gasteiger partial charge >= 0.3 is 0 Å². The molecule has 0 spiro atoms. The molecule has 196 valence electrons. The fraction of sp³-hybridized carbons (Fsp3) is 0.964. The third-order valence-electron chi connectivity index (χ3n) is 11.3. The molecule has 6 N–H and O–H groups in total. The van der Waals surface area contributed by atoms with Crippen molar-refractivity contribution in [1.29, 1.82) is 0 Å². The maximum atomic E-state index is 12.4. The third-order valence-corrected chi connectivity index (χ3v) is 11.3. The van der Waals surface area contributed by atoms with Gasteiger partial charge in [-0.25, -0.2) is 0 Å². The Labute approximate surface area is 207 Å². The smallest absolute Gasteiger partial charge is 0.220 e. The van der Waals surface area contributed by atoms with E-state index in [1.54, 1.807) is 0 Å². The standard InChI is InChI=1S/C28H51N3O3/c1-18(4-9-26(34)31-15-14-30-13-12-29)22-7-8-23-21-6-5-19-16-20(32)10-11-27(19,2)24(21)17-25(33)28(22,23)3/h18-25,30,32-33H,4-17,29H2,1-3H3,(H,31,34)/t18-,19?,20-,21?,22?,23?,24?,25+,27?,28?/m1/s1. The largest absolute Gasteiger partial charge is 0.393 e. The van der Waals surface area contributed by atoms with E-state index in [0.29, 0.717) is 55.0 Å². The van der Waals surface area contributed by atoms with Gasteiger partial charge in [0.1, 0.15) is 0 Å². The molecule has 0 aliphatic heterocycles. The van der Waals surface area contributed by atoms with E-state index >= 15 is 0 Å². The number of nitrogens with two attached hydrogens (primary N) is 1. The summed E-state index contributed by atoms with van der Waals surface area (Å²) in [6, 6.07) is 0. The van der Waals surface area contributed by atoms with Gasteiger partial charge in [-0.15, -0.1) is 0 Å². The number of aliphatic hydroxyl groups excluding tert-OH is 2. The monoisotopic (exact) mass is 477 g/mol. The lowest BCUT2D eigenvalue weighted by atomic mass is 9.43. The summed E-state index contributed by atoms with van der Waals surface area (Å²) in [6.45, 7) is 9.98. The van der Waals surface area contributed by atoms with Gasteiger partial charge in [-0.1, -0.05) is 20.8 Å². The molecule has 0 saturated heterocycles. The molecule has 4 saturated carbocycles. The van der Waals surface area contributed by atoms with Crippen LogP contribution in [0.2, 0.25) is 0 Å². The minimum absolute atomic E-state index is 0.0272. The summed E-state index contributed by atoms with van der Waals surface area (Å²) in [5, 5.41) is 28.2. The van der Waals surface area contributed by atoms with E-state index in [9.17, 15) is 15.0 Å². The molecule has 0 heterocycles. The number of aliphatic hydroxyl groups is 2. The van der Waals surface area contributed by atoms with Crippen molar-refractivity contribution in [2.75, 3.05) is 26.2 Å². The molecule has 0 aromatic rings. The molecular formula is C28H51N3O3. The fourth-order valence-corrected chi connectivity index (χ4v) is 9.33. The predicted molar refractivity (Wildman–Crippen MR) is 136 cm³/mol. The molecule has 0 bridgehead atoms. The van der Waals surface area contributed by atoms with Gasteiger partial charge in [-0.05, 0) is 104 Å². The second-order valence-electron chi connectivity index (χ2n) is 12.8. The number of carbonyl (C=O) groups excluding carboxylic acids is 1. The van der Waals surface area contributed by atoms with E-state index < -0.39 is 0 Å². The summed E-state index contributed by atoms with van der Waals surface area (Å²) in [5.74, 6) is 3.60. The first-order valence-electron chi connectivity index (χ1n) is 14.2. The normalized spacial score (nSPS) is 44.6. The SMILES string of the molecule is C[C@H](CCC(=O)NCCNCCN)C1CCC2C3CCC4C[C@H](O)CCC4(C)C3C[C@H](O)C21C. The molecule has 34 heavy (non-hydrogen) atoms. The lowest BCUT2D eigenvalue weighted by Gasteiger charge is -2.62. The number of nitrogens with one attached hydrogen (secondary N) is 2. The van der Waals surface area contributed by atoms with Crippen LogP contribution in [0, 0.1) is 46.3 Å². The zero-order valence-electron chi connectivity index (χ0n) is 21.9. The first kappa shape index (κ1) is 26.4. The Hall–Kier alpha value is -0.690. The summed E-state index contributed by atoms with van der Waals surface area (Å²) in [4.78, 5) is 12.4. The maximum Gasteiger partial charge on any atom is 0.220 e. The Kier molecular flexibility index (Phi) is 8.33. The molecular weight excluding hydrogens is 426 g/mol. The van der Waals surface area contributed by atoms with Gasteiger partial charge < -0.3 is 26.6 Å². The Morgan fingerprint density at radius 2 is 1.82 bits per heavy atom. The van der Waals surface area contributed by atoms with E-state index in [2.05, 4.69) is 31.4 Å². The van der Waals surface area contributed by atoms with Gasteiger partial charge in [0.2, 0.25) is 5.91 Å². The molecule has 1 amide bonds. The Bertz CT molecular complexity index is 704. The predicted octanol–water partition coefficient (Wildman–Crippen LogP) is 3.06. The molecule has 0 aromatic carbocycles. The van der Waals surface area contributed by atoms with Gasteiger partial charge in [0.25, 0.3) is 0 Å². The van der Waals surface area contributed by atoms with E-state index in [1.807, 2.05) is 0 Å². The summed E-state index contributed by atoms with van der Waals surface area (Å²) in [5.41, 5.74) is 5.73. The number of fused-ring (bicyclic) bond motifs is 5. The second kappa shape index (κ2) is 10.7. The third kappa shape index (κ3) is 4.81. The molecule has 4 aliphatic rings. The Morgan fingerprint density at radius 3 is 2.59 bits per heavy atom. The van der Waals surface area contributed by atoms with Crippen LogP contribution in [-0.4, -0.2) is 54.5 Å². The Morgan fingerprint density at radius 1 is 1.03 bits per heavy atom. The molecule has 4 rings (SSSR count). The average molecular weight is 478 g/mol. The summed E-state index contributed by atoms with van der Waals surface area (Å²) in [7, 11) is 0. The number of hydrogen-bond acceptors (Lipinski definition) is 5. The highest BCUT2D eigenvalue weighted by molar-refractivity contribution is 5.75. The van der Waals surface area contributed by atoms with Crippen molar-refractivity contribution in [1.82, 2.24) is 10.6 Å². The highest BCUT2D eigenvalue weighted by Gasteiger charge is 2.63. The van der Waals surface area contributed by atoms with Crippen LogP contribution < -0.4 is 16.4 Å². The van der Waals surface area contributed by atoms with Crippen molar-refractivity contribution in [2.45, 2.75) is 97.2 Å². The van der Waals surface area contributed by atoms with Crippen molar-refractivity contribution in [3.63, 3.8) is 0 Å². The van der Waals surface area contributed by atoms with Crippen LogP contribution in [0.1, 0.15) is 85.0 Å². The van der Waals surface area contributed by atoms with E-state index in [1.165, 1.54) is 25.7 Å². The van der Waals surface area contributed by atoms with Gasteiger partial charge in [-0.3, -0.25) is 4.79 Å². The lowest BCUT2D eigenvalue weighted by molar-refractivity contribution is -0.174. The zero-order chi connectivity index (χ0) is 24.5. The summed E-state index contributed by atoms with van der Waals surface area (Å²) < 4.78 is 0. The minimum atomic E-state index is -0.251. The zero-order valence-corrected chi connectivity index (χ0v) is 21.9. The second-order valence-corrected chi connectivity index (χ2v) is 12.8. The fourth-order valence-electron chi connectivity index (χ4n) is 9.33. The number of hydrogen-bond donors (Lipinski definition) is 5. The van der Waals surface area contributed by atoms with Crippen molar-refractivity contribution in [3.05, 3.63) is 0 Å². The molecule has 0 radical (unpaired) electrons. The maximum absolute atomic E-state index is 12.4. The molecule has 0 aromatic heterocycles. The molecule has 4 fully saturated rings. The molecule has 4 aliphatic carbocycles. The van der Waals surface area contributed by atoms with Crippen LogP contribution in [0.15, 0.2) is 0 Å². The highest BCUT2D eigenvalue weighted by Crippen LogP contribution is 2.68. The van der Waals surface area contributed by atoms with Crippen molar-refractivity contribution in [2.24, 2.45) is 52.1 Å². The van der Waals surface area contributed by atoms with Gasteiger partial charge in [0, 0.05) is 32.6 Å². The van der Waals surface area contributed by atoms with Crippen LogP contribution in [0.5, 0.6) is 0 Å². The molecule has 6 heteroatoms. The van der Waals surface area contributed by atoms with Crippen LogP contribution in [0.4, 0.5) is 0 Å². The first-order valence-corrected chi connectivity index (χ1v) is 14.2. The number of amides is 1. The van der Waals surface area contributed by atoms with E-state index in [4.69, 9.17) is 5.73 Å². The lowest BCUT2D eigenvalue weighted by Crippen LogP contribution is -2.58. The van der Waals surface area contributed by atoms with Crippen molar-refractivity contribution < 1.29 is 15.0 Å². The Balaban J connectivity index is 1.36. The van der Waals surface area contributed by atoms with Crippen molar-refractivity contribution in [3.8, 4) is 0 Å². The van der Waals surface area contributed by atoms with Gasteiger partial charge in [0.05, 0.1) is 12.2 Å². The molecule has 7 unspecified atom stereocenters. The first-order chi connectivity index (χ1) is 16.2. The number of carbonyl (C=O) groups is 1. The van der Waals surface area contributed by atoms with Gasteiger partial charge in [-0.2, -0.15) is 0 Å². The van der Waals surface area contributed by atoms with Crippen molar-refractivity contribution >= 4 is 5.91 Å². The van der Waals surface area contributed by atoms with Crippen LogP contribution in [-0.2, 0) is 4.79 Å². The quantitative estimate of drug-likeness (QED) is 0.328. The van der Waals surface area contributed by atoms with E-state index in [0.717, 1.165) is 45.2 Å². The van der Waals surface area contributed by atoms with Crippen LogP contribution in [0.25, 0.3) is 0 Å². The summed E-state index contributed by atoms with van der Waals surface area (Å²) in [6.07, 6.45) is 9.97. The van der Waals surface area contributed by atoms with Gasteiger partial charge in [0.15, 0.2) is 0 Å². The minimum Gasteiger partial charge on any atom is -0.393 e. The number of rotatable bonds is 9. The molecule has 6 nitrogen and oxygen atoms in total. The summed E-state index contributed by atoms with van der Waals surface area (Å²) >= 11 is 0. The average Bonchev–Trinajstić information content (AvgIpc) is 3.17.